The molecule has 0 aliphatic carbocycles. The highest BCUT2D eigenvalue weighted by Gasteiger charge is 2.21. The lowest BCUT2D eigenvalue weighted by Gasteiger charge is -2.24. The number of halogens is 1. The molecule has 0 unspecified atom stereocenters. The molecule has 2 aliphatic rings. The number of allylic oxidation sites excluding steroid dienone is 2. The monoisotopic (exact) mass is 274 g/mol. The standard InChI is InChI=1S/C8H7IN2O/c9-6-1-2-7-10-4-3-8(12)11(7)5-6/h1-2,5H,3-4H2. The molecule has 0 aromatic carbocycles. The molecule has 62 valence electrons. The summed E-state index contributed by atoms with van der Waals surface area (Å²) in [6.45, 7) is 0.624. The van der Waals surface area contributed by atoms with Gasteiger partial charge in [-0.3, -0.25) is 14.7 Å². The molecule has 0 aromatic rings. The third kappa shape index (κ3) is 1.31. The number of amidine groups is 1. The van der Waals surface area contributed by atoms with Crippen LogP contribution in [0.5, 0.6) is 0 Å². The fraction of sp³-hybridized carbons (Fsp3) is 0.250. The molecule has 0 bridgehead atoms. The van der Waals surface area contributed by atoms with E-state index in [1.165, 1.54) is 0 Å². The van der Waals surface area contributed by atoms with Gasteiger partial charge in [-0.1, -0.05) is 0 Å². The van der Waals surface area contributed by atoms with Crippen molar-refractivity contribution in [1.82, 2.24) is 4.90 Å². The third-order valence-corrected chi connectivity index (χ3v) is 2.40. The van der Waals surface area contributed by atoms with E-state index in [9.17, 15) is 4.79 Å². The molecule has 0 N–H and O–H groups in total. The molecule has 2 aliphatic heterocycles. The van der Waals surface area contributed by atoms with Gasteiger partial charge in [0.25, 0.3) is 0 Å². The smallest absolute Gasteiger partial charge is 0.234 e. The van der Waals surface area contributed by atoms with Crippen LogP contribution in [0.2, 0.25) is 0 Å². The van der Waals surface area contributed by atoms with Crippen molar-refractivity contribution in [2.75, 3.05) is 6.54 Å². The van der Waals surface area contributed by atoms with Crippen LogP contribution >= 0.6 is 22.6 Å². The molecule has 0 saturated heterocycles. The van der Waals surface area contributed by atoms with E-state index >= 15 is 0 Å². The Balaban J connectivity index is 2.38. The second kappa shape index (κ2) is 3.01. The second-order valence-electron chi connectivity index (χ2n) is 2.60. The summed E-state index contributed by atoms with van der Waals surface area (Å²) in [6.07, 6.45) is 6.17. The van der Waals surface area contributed by atoms with Gasteiger partial charge in [0.05, 0.1) is 6.54 Å². The van der Waals surface area contributed by atoms with Crippen molar-refractivity contribution >= 4 is 34.3 Å². The van der Waals surface area contributed by atoms with Gasteiger partial charge in [-0.05, 0) is 34.7 Å². The Morgan fingerprint density at radius 2 is 2.33 bits per heavy atom. The SMILES string of the molecule is O=C1CCN=C2C=CC(I)=CN12. The van der Waals surface area contributed by atoms with Crippen molar-refractivity contribution in [3.63, 3.8) is 0 Å². The number of carbonyl (C=O) groups is 1. The zero-order chi connectivity index (χ0) is 8.55. The van der Waals surface area contributed by atoms with Gasteiger partial charge in [0, 0.05) is 16.2 Å². The Morgan fingerprint density at radius 1 is 1.50 bits per heavy atom. The van der Waals surface area contributed by atoms with Gasteiger partial charge in [0.2, 0.25) is 5.91 Å². The predicted octanol–water partition coefficient (Wildman–Crippen LogP) is 1.46. The third-order valence-electron chi connectivity index (χ3n) is 1.76. The number of amides is 1. The lowest BCUT2D eigenvalue weighted by molar-refractivity contribution is -0.125. The lowest BCUT2D eigenvalue weighted by atomic mass is 10.2. The van der Waals surface area contributed by atoms with Crippen LogP contribution < -0.4 is 0 Å². The van der Waals surface area contributed by atoms with E-state index in [1.54, 1.807) is 4.90 Å². The number of hydrogen-bond donors (Lipinski definition) is 0. The molecule has 0 atom stereocenters. The molecular formula is C8H7IN2O. The molecule has 1 amide bonds. The summed E-state index contributed by atoms with van der Waals surface area (Å²) < 4.78 is 1.06. The van der Waals surface area contributed by atoms with E-state index < -0.39 is 0 Å². The summed E-state index contributed by atoms with van der Waals surface area (Å²) in [4.78, 5) is 17.2. The van der Waals surface area contributed by atoms with Crippen LogP contribution in [0.4, 0.5) is 0 Å². The van der Waals surface area contributed by atoms with Crippen LogP contribution in [-0.4, -0.2) is 23.2 Å². The Hall–Kier alpha value is -0.650. The summed E-state index contributed by atoms with van der Waals surface area (Å²) in [5, 5.41) is 0. The zero-order valence-electron chi connectivity index (χ0n) is 6.33. The van der Waals surface area contributed by atoms with Crippen LogP contribution in [0.15, 0.2) is 26.9 Å². The first-order valence-corrected chi connectivity index (χ1v) is 4.77. The quantitative estimate of drug-likeness (QED) is 0.615. The molecule has 0 aromatic heterocycles. The van der Waals surface area contributed by atoms with E-state index in [-0.39, 0.29) is 5.91 Å². The molecule has 3 nitrogen and oxygen atoms in total. The van der Waals surface area contributed by atoms with Gasteiger partial charge in [0.15, 0.2) is 0 Å². The topological polar surface area (TPSA) is 32.7 Å². The minimum atomic E-state index is 0.138. The summed E-state index contributed by atoms with van der Waals surface area (Å²) in [5.74, 6) is 0.908. The first-order chi connectivity index (χ1) is 5.77. The average Bonchev–Trinajstić information content (AvgIpc) is 2.07. The van der Waals surface area contributed by atoms with Gasteiger partial charge >= 0.3 is 0 Å². The Bertz CT molecular complexity index is 317. The van der Waals surface area contributed by atoms with Crippen LogP contribution in [0.3, 0.4) is 0 Å². The van der Waals surface area contributed by atoms with Gasteiger partial charge in [0.1, 0.15) is 5.84 Å². The summed E-state index contributed by atoms with van der Waals surface area (Å²) in [5.41, 5.74) is 0. The number of hydrogen-bond acceptors (Lipinski definition) is 2. The van der Waals surface area contributed by atoms with Crippen molar-refractivity contribution in [3.8, 4) is 0 Å². The fourth-order valence-electron chi connectivity index (χ4n) is 1.18. The Labute approximate surface area is 84.0 Å². The minimum absolute atomic E-state index is 0.138. The van der Waals surface area contributed by atoms with Crippen LogP contribution in [0, 0.1) is 0 Å². The van der Waals surface area contributed by atoms with Crippen molar-refractivity contribution in [3.05, 3.63) is 21.9 Å². The summed E-state index contributed by atoms with van der Waals surface area (Å²) in [6, 6.07) is 0. The van der Waals surface area contributed by atoms with E-state index in [0.29, 0.717) is 13.0 Å². The van der Waals surface area contributed by atoms with Crippen molar-refractivity contribution in [1.29, 1.82) is 0 Å². The van der Waals surface area contributed by atoms with Crippen LogP contribution in [0.25, 0.3) is 0 Å². The van der Waals surface area contributed by atoms with Gasteiger partial charge in [-0.2, -0.15) is 0 Å². The number of nitrogens with zero attached hydrogens (tertiary/aromatic N) is 2. The molecule has 0 saturated carbocycles. The van der Waals surface area contributed by atoms with Crippen molar-refractivity contribution < 1.29 is 4.79 Å². The van der Waals surface area contributed by atoms with E-state index in [0.717, 1.165) is 9.42 Å². The Kier molecular flexibility index (Phi) is 2.00. The number of aliphatic imine (C=N–C) groups is 1. The highest BCUT2D eigenvalue weighted by Crippen LogP contribution is 2.18. The molecule has 0 radical (unpaired) electrons. The first-order valence-electron chi connectivity index (χ1n) is 3.69. The molecule has 2 rings (SSSR count). The van der Waals surface area contributed by atoms with Crippen molar-refractivity contribution in [2.24, 2.45) is 4.99 Å². The van der Waals surface area contributed by atoms with Gasteiger partial charge in [-0.25, -0.2) is 0 Å². The molecule has 4 heteroatoms. The number of rotatable bonds is 0. The summed E-state index contributed by atoms with van der Waals surface area (Å²) >= 11 is 2.18. The maximum atomic E-state index is 11.3. The molecule has 12 heavy (non-hydrogen) atoms. The normalized spacial score (nSPS) is 21.8. The molecule has 0 spiro atoms. The maximum Gasteiger partial charge on any atom is 0.234 e. The second-order valence-corrected chi connectivity index (χ2v) is 3.85. The van der Waals surface area contributed by atoms with Gasteiger partial charge in [-0.15, -0.1) is 0 Å². The predicted molar refractivity (Wildman–Crippen MR) is 55.0 cm³/mol. The van der Waals surface area contributed by atoms with E-state index in [4.69, 9.17) is 0 Å². The van der Waals surface area contributed by atoms with E-state index in [2.05, 4.69) is 27.6 Å². The highest BCUT2D eigenvalue weighted by atomic mass is 127. The van der Waals surface area contributed by atoms with Crippen molar-refractivity contribution in [2.45, 2.75) is 6.42 Å². The number of fused-ring (bicyclic) bond motifs is 1. The summed E-state index contributed by atoms with van der Waals surface area (Å²) in [7, 11) is 0. The fourth-order valence-corrected chi connectivity index (χ4v) is 1.64. The lowest BCUT2D eigenvalue weighted by Crippen LogP contribution is -2.36. The minimum Gasteiger partial charge on any atom is -0.274 e. The first kappa shape index (κ1) is 7.97. The molecule has 2 heterocycles. The van der Waals surface area contributed by atoms with Crippen LogP contribution in [-0.2, 0) is 4.79 Å². The van der Waals surface area contributed by atoms with Gasteiger partial charge < -0.3 is 0 Å². The largest absolute Gasteiger partial charge is 0.274 e. The molecular weight excluding hydrogens is 267 g/mol. The highest BCUT2D eigenvalue weighted by molar-refractivity contribution is 14.1. The molecule has 0 fully saturated rings. The van der Waals surface area contributed by atoms with Crippen LogP contribution in [0.1, 0.15) is 6.42 Å². The Morgan fingerprint density at radius 3 is 3.17 bits per heavy atom. The number of carbonyl (C=O) groups excluding carboxylic acids is 1. The van der Waals surface area contributed by atoms with E-state index in [1.807, 2.05) is 18.4 Å². The average molecular weight is 274 g/mol. The maximum absolute atomic E-state index is 11.3. The zero-order valence-corrected chi connectivity index (χ0v) is 8.48.